The number of nitrogens with zero attached hydrogens (tertiary/aromatic N) is 1. The van der Waals surface area contributed by atoms with Crippen LogP contribution in [0.15, 0.2) is 23.0 Å². The third-order valence-corrected chi connectivity index (χ3v) is 5.18. The van der Waals surface area contributed by atoms with Gasteiger partial charge in [0.05, 0.1) is 16.9 Å². The number of aromatic amines is 1. The monoisotopic (exact) mass is 451 g/mol. The SMILES string of the molecule is CCc1c(-c2ccc3c(c2)c(F)c(CNC(C)(C)C)n3C)[nH]c(=O)c(C(=O)O)c1O.Cl. The molecule has 0 aliphatic rings. The van der Waals surface area contributed by atoms with E-state index in [2.05, 4.69) is 10.3 Å². The minimum Gasteiger partial charge on any atom is -0.506 e. The lowest BCUT2D eigenvalue weighted by Gasteiger charge is -2.20. The molecule has 0 unspecified atom stereocenters. The lowest BCUT2D eigenvalue weighted by molar-refractivity contribution is 0.0691. The number of carboxylic acid groups (broad SMARTS) is 1. The van der Waals surface area contributed by atoms with Gasteiger partial charge in [-0.1, -0.05) is 13.0 Å². The average molecular weight is 452 g/mol. The second-order valence-electron chi connectivity index (χ2n) is 8.35. The molecule has 0 spiro atoms. The summed E-state index contributed by atoms with van der Waals surface area (Å²) in [5.41, 5.74) is 0.478. The zero-order chi connectivity index (χ0) is 22.4. The molecule has 0 saturated carbocycles. The maximum Gasteiger partial charge on any atom is 0.345 e. The van der Waals surface area contributed by atoms with E-state index in [1.165, 1.54) is 0 Å². The third kappa shape index (κ3) is 4.45. The Kier molecular flexibility index (Phi) is 6.87. The highest BCUT2D eigenvalue weighted by Gasteiger charge is 2.23. The highest BCUT2D eigenvalue weighted by molar-refractivity contribution is 5.93. The molecule has 31 heavy (non-hydrogen) atoms. The summed E-state index contributed by atoms with van der Waals surface area (Å²) in [7, 11) is 1.79. The molecule has 2 heterocycles. The molecule has 168 valence electrons. The Morgan fingerprint density at radius 1 is 1.29 bits per heavy atom. The fraction of sp³-hybridized carbons (Fsp3) is 0.364. The Balaban J connectivity index is 0.00000341. The van der Waals surface area contributed by atoms with Gasteiger partial charge in [0.1, 0.15) is 5.75 Å². The van der Waals surface area contributed by atoms with Crippen molar-refractivity contribution in [2.75, 3.05) is 0 Å². The van der Waals surface area contributed by atoms with Gasteiger partial charge in [0.2, 0.25) is 0 Å². The van der Waals surface area contributed by atoms with Crippen molar-refractivity contribution in [1.29, 1.82) is 0 Å². The van der Waals surface area contributed by atoms with E-state index in [9.17, 15) is 19.8 Å². The number of fused-ring (bicyclic) bond motifs is 1. The van der Waals surface area contributed by atoms with E-state index in [0.717, 1.165) is 0 Å². The molecule has 0 bridgehead atoms. The first-order valence-electron chi connectivity index (χ1n) is 9.69. The second-order valence-corrected chi connectivity index (χ2v) is 8.35. The largest absolute Gasteiger partial charge is 0.506 e. The van der Waals surface area contributed by atoms with Crippen molar-refractivity contribution in [1.82, 2.24) is 14.9 Å². The number of halogens is 2. The molecular formula is C22H27ClFN3O4. The molecule has 7 nitrogen and oxygen atoms in total. The topological polar surface area (TPSA) is 107 Å². The molecule has 0 radical (unpaired) electrons. The van der Waals surface area contributed by atoms with Crippen LogP contribution in [-0.2, 0) is 20.0 Å². The number of H-pyrrole nitrogens is 1. The molecular weight excluding hydrogens is 425 g/mol. The molecule has 0 atom stereocenters. The Hall–Kier alpha value is -2.84. The van der Waals surface area contributed by atoms with Crippen molar-refractivity contribution in [2.24, 2.45) is 7.05 Å². The standard InChI is InChI=1S/C22H26FN3O4.ClH/c1-6-12-18(25-20(28)16(19(12)27)21(29)30)11-7-8-14-13(9-11)17(23)15(26(14)5)10-24-22(2,3)4;/h7-9,24H,6,10H2,1-5H3,(H,29,30)(H2,25,27,28);1H. The summed E-state index contributed by atoms with van der Waals surface area (Å²) in [6.45, 7) is 8.09. The average Bonchev–Trinajstić information content (AvgIpc) is 2.88. The number of aromatic hydroxyl groups is 1. The van der Waals surface area contributed by atoms with Crippen molar-refractivity contribution >= 4 is 29.3 Å². The van der Waals surface area contributed by atoms with Crippen LogP contribution in [0.3, 0.4) is 0 Å². The van der Waals surface area contributed by atoms with Crippen LogP contribution in [0.4, 0.5) is 4.39 Å². The highest BCUT2D eigenvalue weighted by atomic mass is 35.5. The number of pyridine rings is 1. The molecule has 4 N–H and O–H groups in total. The summed E-state index contributed by atoms with van der Waals surface area (Å²) in [6.07, 6.45) is 0.286. The maximum absolute atomic E-state index is 15.2. The van der Waals surface area contributed by atoms with Gasteiger partial charge in [-0.3, -0.25) is 4.79 Å². The van der Waals surface area contributed by atoms with Crippen molar-refractivity contribution in [3.8, 4) is 17.0 Å². The van der Waals surface area contributed by atoms with Gasteiger partial charge in [-0.2, -0.15) is 0 Å². The zero-order valence-corrected chi connectivity index (χ0v) is 18.9. The number of aryl methyl sites for hydroxylation is 1. The lowest BCUT2D eigenvalue weighted by atomic mass is 9.99. The van der Waals surface area contributed by atoms with Crippen molar-refractivity contribution in [3.05, 3.63) is 51.2 Å². The van der Waals surface area contributed by atoms with Crippen LogP contribution in [0.5, 0.6) is 5.75 Å². The molecule has 0 aliphatic heterocycles. The molecule has 9 heteroatoms. The predicted molar refractivity (Wildman–Crippen MR) is 121 cm³/mol. The zero-order valence-electron chi connectivity index (χ0n) is 18.1. The number of hydrogen-bond donors (Lipinski definition) is 4. The number of nitrogens with one attached hydrogen (secondary N) is 2. The first-order valence-corrected chi connectivity index (χ1v) is 9.69. The lowest BCUT2D eigenvalue weighted by Crippen LogP contribution is -2.35. The van der Waals surface area contributed by atoms with Crippen LogP contribution >= 0.6 is 12.4 Å². The summed E-state index contributed by atoms with van der Waals surface area (Å²) in [4.78, 5) is 26.1. The molecule has 0 aliphatic carbocycles. The van der Waals surface area contributed by atoms with Gasteiger partial charge in [0.15, 0.2) is 11.4 Å². The quantitative estimate of drug-likeness (QED) is 0.470. The van der Waals surface area contributed by atoms with Gasteiger partial charge in [0.25, 0.3) is 5.56 Å². The number of aromatic nitrogens is 2. The van der Waals surface area contributed by atoms with E-state index >= 15 is 4.39 Å². The third-order valence-electron chi connectivity index (χ3n) is 5.18. The Morgan fingerprint density at radius 2 is 1.94 bits per heavy atom. The number of benzene rings is 1. The number of rotatable bonds is 5. The van der Waals surface area contributed by atoms with E-state index in [1.807, 2.05) is 20.8 Å². The summed E-state index contributed by atoms with van der Waals surface area (Å²) >= 11 is 0. The Morgan fingerprint density at radius 3 is 2.48 bits per heavy atom. The number of carbonyl (C=O) groups is 1. The Labute approximate surface area is 185 Å². The maximum atomic E-state index is 15.2. The van der Waals surface area contributed by atoms with Gasteiger partial charge in [-0.25, -0.2) is 9.18 Å². The normalized spacial score (nSPS) is 11.5. The summed E-state index contributed by atoms with van der Waals surface area (Å²) in [5, 5.41) is 23.2. The van der Waals surface area contributed by atoms with Gasteiger partial charge >= 0.3 is 5.97 Å². The van der Waals surface area contributed by atoms with Crippen LogP contribution in [0, 0.1) is 5.82 Å². The molecule has 0 fully saturated rings. The fourth-order valence-electron chi connectivity index (χ4n) is 3.57. The van der Waals surface area contributed by atoms with Gasteiger partial charge in [-0.15, -0.1) is 12.4 Å². The second kappa shape index (κ2) is 8.72. The first kappa shape index (κ1) is 24.4. The van der Waals surface area contributed by atoms with Crippen LogP contribution < -0.4 is 10.9 Å². The predicted octanol–water partition coefficient (Wildman–Crippen LogP) is 3.95. The molecule has 1 aromatic carbocycles. The van der Waals surface area contributed by atoms with Crippen LogP contribution in [0.25, 0.3) is 22.2 Å². The minimum atomic E-state index is -1.50. The molecule has 3 rings (SSSR count). The van der Waals surface area contributed by atoms with E-state index in [-0.39, 0.29) is 41.4 Å². The van der Waals surface area contributed by atoms with Crippen LogP contribution in [0.2, 0.25) is 0 Å². The van der Waals surface area contributed by atoms with Crippen molar-refractivity contribution in [2.45, 2.75) is 46.2 Å². The summed E-state index contributed by atoms with van der Waals surface area (Å²) in [6, 6.07) is 5.07. The summed E-state index contributed by atoms with van der Waals surface area (Å²) in [5.74, 6) is -2.43. The van der Waals surface area contributed by atoms with Gasteiger partial charge in [0, 0.05) is 30.1 Å². The van der Waals surface area contributed by atoms with Gasteiger partial charge in [-0.05, 0) is 44.9 Å². The van der Waals surface area contributed by atoms with Gasteiger partial charge < -0.3 is 25.1 Å². The van der Waals surface area contributed by atoms with E-state index in [1.54, 1.807) is 36.7 Å². The van der Waals surface area contributed by atoms with E-state index < -0.39 is 22.8 Å². The van der Waals surface area contributed by atoms with E-state index in [4.69, 9.17) is 0 Å². The van der Waals surface area contributed by atoms with Crippen LogP contribution in [-0.4, -0.2) is 31.3 Å². The van der Waals surface area contributed by atoms with E-state index in [0.29, 0.717) is 28.7 Å². The minimum absolute atomic E-state index is 0. The first-order chi connectivity index (χ1) is 14.0. The fourth-order valence-corrected chi connectivity index (χ4v) is 3.57. The number of aromatic carboxylic acids is 1. The van der Waals surface area contributed by atoms with Crippen molar-refractivity contribution < 1.29 is 19.4 Å². The molecule has 0 saturated heterocycles. The summed E-state index contributed by atoms with van der Waals surface area (Å²) < 4.78 is 17.0. The molecule has 3 aromatic rings. The van der Waals surface area contributed by atoms with Crippen molar-refractivity contribution in [3.63, 3.8) is 0 Å². The number of carboxylic acids is 1. The van der Waals surface area contributed by atoms with Crippen LogP contribution in [0.1, 0.15) is 49.3 Å². The Bertz CT molecular complexity index is 1210. The smallest absolute Gasteiger partial charge is 0.345 e. The molecule has 2 aromatic heterocycles. The molecule has 0 amide bonds. The number of hydrogen-bond acceptors (Lipinski definition) is 4. The highest BCUT2D eigenvalue weighted by Crippen LogP contribution is 2.33.